The van der Waals surface area contributed by atoms with Crippen molar-refractivity contribution in [1.82, 2.24) is 4.90 Å². The third kappa shape index (κ3) is 4.14. The molecule has 1 unspecified atom stereocenters. The highest BCUT2D eigenvalue weighted by Crippen LogP contribution is 2.24. The molecule has 0 spiro atoms. The van der Waals surface area contributed by atoms with Crippen LogP contribution in [0.15, 0.2) is 23.1 Å². The molecule has 0 aliphatic carbocycles. The van der Waals surface area contributed by atoms with Gasteiger partial charge in [-0.15, -0.1) is 11.8 Å². The maximum atomic E-state index is 12.2. The summed E-state index contributed by atoms with van der Waals surface area (Å²) in [4.78, 5) is 25.3. The molecule has 1 amide bonds. The molecule has 0 saturated heterocycles. The number of thioether (sulfide) groups is 1. The van der Waals surface area contributed by atoms with Gasteiger partial charge in [-0.2, -0.15) is 0 Å². The van der Waals surface area contributed by atoms with Gasteiger partial charge in [-0.05, 0) is 24.5 Å². The van der Waals surface area contributed by atoms with Gasteiger partial charge in [0.05, 0.1) is 16.5 Å². The lowest BCUT2D eigenvalue weighted by molar-refractivity contribution is -0.141. The fourth-order valence-corrected chi connectivity index (χ4v) is 2.21. The van der Waals surface area contributed by atoms with Crippen LogP contribution in [0, 0.1) is 5.92 Å². The number of rotatable bonds is 5. The molecule has 1 aromatic carbocycles. The average molecular weight is 302 g/mol. The standard InChI is InChI=1S/C13H16ClNO3S/c1-8(13(17)18)7-15(2)12(16)10-6-9(19-3)4-5-11(10)14/h4-6,8H,7H2,1-3H3,(H,17,18). The molecule has 0 heterocycles. The van der Waals surface area contributed by atoms with Crippen LogP contribution in [-0.4, -0.2) is 41.7 Å². The normalized spacial score (nSPS) is 12.0. The molecule has 1 aromatic rings. The van der Waals surface area contributed by atoms with E-state index in [1.54, 1.807) is 26.1 Å². The van der Waals surface area contributed by atoms with Gasteiger partial charge in [0, 0.05) is 18.5 Å². The Hall–Kier alpha value is -1.20. The molecule has 0 saturated carbocycles. The second-order valence-electron chi connectivity index (χ2n) is 4.27. The minimum absolute atomic E-state index is 0.147. The first-order valence-electron chi connectivity index (χ1n) is 5.68. The zero-order valence-corrected chi connectivity index (χ0v) is 12.6. The van der Waals surface area contributed by atoms with E-state index in [0.717, 1.165) is 4.90 Å². The summed E-state index contributed by atoms with van der Waals surface area (Å²) < 4.78 is 0. The van der Waals surface area contributed by atoms with Crippen LogP contribution in [-0.2, 0) is 4.79 Å². The number of carboxylic acid groups (broad SMARTS) is 1. The van der Waals surface area contributed by atoms with Crippen molar-refractivity contribution in [2.45, 2.75) is 11.8 Å². The van der Waals surface area contributed by atoms with E-state index < -0.39 is 11.9 Å². The fourth-order valence-electron chi connectivity index (χ4n) is 1.57. The van der Waals surface area contributed by atoms with Gasteiger partial charge in [-0.1, -0.05) is 18.5 Å². The van der Waals surface area contributed by atoms with Crippen molar-refractivity contribution in [3.05, 3.63) is 28.8 Å². The van der Waals surface area contributed by atoms with Crippen molar-refractivity contribution < 1.29 is 14.7 Å². The second kappa shape index (κ2) is 6.82. The Morgan fingerprint density at radius 1 is 1.47 bits per heavy atom. The van der Waals surface area contributed by atoms with Crippen LogP contribution in [0.2, 0.25) is 5.02 Å². The number of hydrogen-bond acceptors (Lipinski definition) is 3. The van der Waals surface area contributed by atoms with Crippen LogP contribution in [0.25, 0.3) is 0 Å². The van der Waals surface area contributed by atoms with Crippen LogP contribution < -0.4 is 0 Å². The summed E-state index contributed by atoms with van der Waals surface area (Å²) in [7, 11) is 1.57. The summed E-state index contributed by atoms with van der Waals surface area (Å²) in [5.41, 5.74) is 0.397. The second-order valence-corrected chi connectivity index (χ2v) is 5.56. The van der Waals surface area contributed by atoms with Gasteiger partial charge in [0.25, 0.3) is 5.91 Å². The molecule has 4 nitrogen and oxygen atoms in total. The molecule has 0 radical (unpaired) electrons. The Morgan fingerprint density at radius 3 is 2.63 bits per heavy atom. The topological polar surface area (TPSA) is 57.6 Å². The number of hydrogen-bond donors (Lipinski definition) is 1. The average Bonchev–Trinajstić information content (AvgIpc) is 2.38. The van der Waals surface area contributed by atoms with Gasteiger partial charge in [0.1, 0.15) is 0 Å². The van der Waals surface area contributed by atoms with E-state index in [1.807, 2.05) is 12.3 Å². The SMILES string of the molecule is CSc1ccc(Cl)c(C(=O)N(C)CC(C)C(=O)O)c1. The molecule has 104 valence electrons. The van der Waals surface area contributed by atoms with Crippen LogP contribution in [0.5, 0.6) is 0 Å². The molecule has 0 aliphatic rings. The molecular weight excluding hydrogens is 286 g/mol. The van der Waals surface area contributed by atoms with Crippen molar-refractivity contribution in [2.75, 3.05) is 19.8 Å². The zero-order chi connectivity index (χ0) is 14.6. The summed E-state index contributed by atoms with van der Waals surface area (Å²) in [5.74, 6) is -1.81. The molecule has 1 N–H and O–H groups in total. The third-order valence-electron chi connectivity index (χ3n) is 2.72. The molecule has 19 heavy (non-hydrogen) atoms. The first-order chi connectivity index (χ1) is 8.86. The van der Waals surface area contributed by atoms with Gasteiger partial charge < -0.3 is 10.0 Å². The van der Waals surface area contributed by atoms with Crippen LogP contribution >= 0.6 is 23.4 Å². The van der Waals surface area contributed by atoms with Crippen molar-refractivity contribution >= 4 is 35.2 Å². The van der Waals surface area contributed by atoms with Gasteiger partial charge in [0.15, 0.2) is 0 Å². The van der Waals surface area contributed by atoms with Gasteiger partial charge in [-0.25, -0.2) is 0 Å². The van der Waals surface area contributed by atoms with Gasteiger partial charge in [0.2, 0.25) is 0 Å². The lowest BCUT2D eigenvalue weighted by Crippen LogP contribution is -2.33. The monoisotopic (exact) mass is 301 g/mol. The number of amides is 1. The van der Waals surface area contributed by atoms with Crippen LogP contribution in [0.3, 0.4) is 0 Å². The number of carbonyl (C=O) groups is 2. The van der Waals surface area contributed by atoms with E-state index in [-0.39, 0.29) is 12.5 Å². The minimum atomic E-state index is -0.927. The third-order valence-corrected chi connectivity index (χ3v) is 3.77. The lowest BCUT2D eigenvalue weighted by atomic mass is 10.1. The Bertz CT molecular complexity index is 493. The highest BCUT2D eigenvalue weighted by Gasteiger charge is 2.20. The van der Waals surface area contributed by atoms with Crippen LogP contribution in [0.1, 0.15) is 17.3 Å². The van der Waals surface area contributed by atoms with E-state index in [2.05, 4.69) is 0 Å². The number of carboxylic acids is 1. The lowest BCUT2D eigenvalue weighted by Gasteiger charge is -2.20. The Morgan fingerprint density at radius 2 is 2.11 bits per heavy atom. The first kappa shape index (κ1) is 15.9. The highest BCUT2D eigenvalue weighted by atomic mass is 35.5. The maximum absolute atomic E-state index is 12.2. The summed E-state index contributed by atoms with van der Waals surface area (Å²) in [5, 5.41) is 9.23. The van der Waals surface area contributed by atoms with Gasteiger partial charge in [-0.3, -0.25) is 9.59 Å². The molecule has 1 rings (SSSR count). The number of carbonyl (C=O) groups excluding carboxylic acids is 1. The summed E-state index contributed by atoms with van der Waals surface area (Å²) in [6.45, 7) is 1.71. The smallest absolute Gasteiger partial charge is 0.308 e. The number of halogens is 1. The van der Waals surface area contributed by atoms with E-state index in [4.69, 9.17) is 16.7 Å². The summed E-state index contributed by atoms with van der Waals surface area (Å²) in [6, 6.07) is 5.23. The predicted octanol–water partition coefficient (Wildman–Crippen LogP) is 2.85. The maximum Gasteiger partial charge on any atom is 0.308 e. The zero-order valence-electron chi connectivity index (χ0n) is 11.0. The minimum Gasteiger partial charge on any atom is -0.481 e. The molecule has 0 bridgehead atoms. The van der Waals surface area contributed by atoms with Crippen LogP contribution in [0.4, 0.5) is 0 Å². The van der Waals surface area contributed by atoms with Crippen molar-refractivity contribution in [2.24, 2.45) is 5.92 Å². The first-order valence-corrected chi connectivity index (χ1v) is 7.29. The van der Waals surface area contributed by atoms with Crippen molar-refractivity contribution in [1.29, 1.82) is 0 Å². The Labute approximate surface area is 121 Å². The molecule has 0 aliphatic heterocycles. The van der Waals surface area contributed by atoms with Crippen molar-refractivity contribution in [3.63, 3.8) is 0 Å². The van der Waals surface area contributed by atoms with E-state index >= 15 is 0 Å². The van der Waals surface area contributed by atoms with E-state index in [1.165, 1.54) is 16.7 Å². The summed E-state index contributed by atoms with van der Waals surface area (Å²) in [6.07, 6.45) is 1.91. The largest absolute Gasteiger partial charge is 0.481 e. The quantitative estimate of drug-likeness (QED) is 0.850. The highest BCUT2D eigenvalue weighted by molar-refractivity contribution is 7.98. The molecule has 0 aromatic heterocycles. The Balaban J connectivity index is 2.90. The Kier molecular flexibility index (Phi) is 5.69. The summed E-state index contributed by atoms with van der Waals surface area (Å²) >= 11 is 7.53. The molecule has 0 fully saturated rings. The van der Waals surface area contributed by atoms with Crippen molar-refractivity contribution in [3.8, 4) is 0 Å². The fraction of sp³-hybridized carbons (Fsp3) is 0.385. The molecular formula is C13H16ClNO3S. The van der Waals surface area contributed by atoms with Gasteiger partial charge >= 0.3 is 5.97 Å². The molecule has 6 heteroatoms. The number of aliphatic carboxylic acids is 1. The van der Waals surface area contributed by atoms with E-state index in [0.29, 0.717) is 10.6 Å². The van der Waals surface area contributed by atoms with E-state index in [9.17, 15) is 9.59 Å². The number of nitrogens with zero attached hydrogens (tertiary/aromatic N) is 1. The number of benzene rings is 1. The molecule has 1 atom stereocenters. The predicted molar refractivity (Wildman–Crippen MR) is 77.0 cm³/mol.